The largest absolute Gasteiger partial charge is 0.0836 e. The van der Waals surface area contributed by atoms with E-state index >= 15 is 0 Å². The summed E-state index contributed by atoms with van der Waals surface area (Å²) in [6.45, 7) is 14.5. The van der Waals surface area contributed by atoms with Crippen LogP contribution in [0, 0.1) is 0 Å². The van der Waals surface area contributed by atoms with E-state index in [0.29, 0.717) is 0 Å². The summed E-state index contributed by atoms with van der Waals surface area (Å²) >= 11 is 0. The Kier molecular flexibility index (Phi) is 3.44. The number of rotatable bonds is 0. The first-order chi connectivity index (χ1) is 15.6. The molecule has 0 fully saturated rings. The van der Waals surface area contributed by atoms with Crippen LogP contribution in [0.1, 0.15) is 87.8 Å². The van der Waals surface area contributed by atoms with Gasteiger partial charge < -0.3 is 0 Å². The Morgan fingerprint density at radius 2 is 1.06 bits per heavy atom. The third-order valence-corrected chi connectivity index (χ3v) is 9.40. The second-order valence-corrected chi connectivity index (χ2v) is 12.1. The maximum atomic E-state index is 2.56. The van der Waals surface area contributed by atoms with Gasteiger partial charge in [0.25, 0.3) is 0 Å². The van der Waals surface area contributed by atoms with E-state index in [2.05, 4.69) is 102 Å². The standard InChI is InChI=1S/C33H32/c1-31(2)25-13-9-7-11-19(25)21-15-29-23(17-27(21)31)24-18-28-22(16-30(24)33(29,5)6)20-12-8-10-14-26(20)32(28,3)4/h7-9,11-13,15-18H,10,14H2,1-6H3. The van der Waals surface area contributed by atoms with Crippen LogP contribution in [0.25, 0.3) is 27.8 Å². The van der Waals surface area contributed by atoms with E-state index in [4.69, 9.17) is 0 Å². The minimum atomic E-state index is 0.00222. The molecule has 3 aromatic rings. The molecule has 0 amide bonds. The minimum absolute atomic E-state index is 0.00222. The molecule has 3 aromatic carbocycles. The Morgan fingerprint density at radius 1 is 0.545 bits per heavy atom. The first kappa shape index (κ1) is 19.6. The molecule has 4 aliphatic rings. The van der Waals surface area contributed by atoms with E-state index in [-0.39, 0.29) is 16.2 Å². The van der Waals surface area contributed by atoms with E-state index < -0.39 is 0 Å². The van der Waals surface area contributed by atoms with Crippen molar-refractivity contribution in [1.82, 2.24) is 0 Å². The van der Waals surface area contributed by atoms with Crippen molar-refractivity contribution >= 4 is 5.57 Å². The zero-order valence-electron chi connectivity index (χ0n) is 20.7. The Hall–Kier alpha value is -2.86. The lowest BCUT2D eigenvalue weighted by Crippen LogP contribution is -2.18. The van der Waals surface area contributed by atoms with Crippen molar-refractivity contribution in [2.75, 3.05) is 0 Å². The Bertz CT molecular complexity index is 1470. The Labute approximate surface area is 198 Å². The summed E-state index contributed by atoms with van der Waals surface area (Å²) in [5, 5.41) is 0. The van der Waals surface area contributed by atoms with Crippen LogP contribution in [-0.4, -0.2) is 0 Å². The highest BCUT2D eigenvalue weighted by Crippen LogP contribution is 2.59. The van der Waals surface area contributed by atoms with Gasteiger partial charge in [-0.1, -0.05) is 83.5 Å². The zero-order valence-corrected chi connectivity index (χ0v) is 20.7. The lowest BCUT2D eigenvalue weighted by molar-refractivity contribution is 0.606. The fourth-order valence-corrected chi connectivity index (χ4v) is 7.44. The van der Waals surface area contributed by atoms with Gasteiger partial charge in [0.2, 0.25) is 0 Å². The van der Waals surface area contributed by atoms with Crippen LogP contribution in [0.5, 0.6) is 0 Å². The number of allylic oxidation sites excluding steroid dienone is 4. The topological polar surface area (TPSA) is 0 Å². The van der Waals surface area contributed by atoms with Gasteiger partial charge in [0.05, 0.1) is 0 Å². The average molecular weight is 429 g/mol. The fraction of sp³-hybridized carbons (Fsp3) is 0.333. The van der Waals surface area contributed by atoms with Crippen molar-refractivity contribution < 1.29 is 0 Å². The first-order valence-electron chi connectivity index (χ1n) is 12.5. The van der Waals surface area contributed by atoms with Crippen LogP contribution >= 0.6 is 0 Å². The molecular formula is C33H32. The van der Waals surface area contributed by atoms with Crippen LogP contribution < -0.4 is 0 Å². The van der Waals surface area contributed by atoms with Gasteiger partial charge in [-0.15, -0.1) is 0 Å². The highest BCUT2D eigenvalue weighted by Gasteiger charge is 2.44. The normalized spacial score (nSPS) is 21.3. The quantitative estimate of drug-likeness (QED) is 0.336. The number of benzene rings is 3. The molecule has 0 heterocycles. The SMILES string of the molecule is CC1(C)C2=C(C=CCC2)c2cc3c(cc21)-c1cc2c(cc1C3(C)C)-c1ccccc1C2(C)C. The number of hydrogen-bond acceptors (Lipinski definition) is 0. The molecular weight excluding hydrogens is 396 g/mol. The van der Waals surface area contributed by atoms with Gasteiger partial charge >= 0.3 is 0 Å². The summed E-state index contributed by atoms with van der Waals surface area (Å²) in [5.41, 5.74) is 17.9. The van der Waals surface area contributed by atoms with E-state index in [1.807, 2.05) is 0 Å². The molecule has 0 saturated heterocycles. The monoisotopic (exact) mass is 428 g/mol. The van der Waals surface area contributed by atoms with E-state index in [0.717, 1.165) is 0 Å². The zero-order chi connectivity index (χ0) is 22.9. The van der Waals surface area contributed by atoms with Crippen LogP contribution in [0.3, 0.4) is 0 Å². The van der Waals surface area contributed by atoms with E-state index in [1.54, 1.807) is 5.57 Å². The molecule has 0 aliphatic heterocycles. The van der Waals surface area contributed by atoms with E-state index in [9.17, 15) is 0 Å². The molecule has 33 heavy (non-hydrogen) atoms. The fourth-order valence-electron chi connectivity index (χ4n) is 7.44. The lowest BCUT2D eigenvalue weighted by Gasteiger charge is -2.26. The summed E-state index contributed by atoms with van der Waals surface area (Å²) < 4.78 is 0. The number of hydrogen-bond donors (Lipinski definition) is 0. The van der Waals surface area contributed by atoms with Crippen molar-refractivity contribution in [3.63, 3.8) is 0 Å². The van der Waals surface area contributed by atoms with Crippen LogP contribution in [0.4, 0.5) is 0 Å². The predicted molar refractivity (Wildman–Crippen MR) is 140 cm³/mol. The van der Waals surface area contributed by atoms with Crippen LogP contribution in [0.15, 0.2) is 66.3 Å². The van der Waals surface area contributed by atoms with Crippen molar-refractivity contribution in [1.29, 1.82) is 0 Å². The molecule has 164 valence electrons. The van der Waals surface area contributed by atoms with Gasteiger partial charge in [-0.25, -0.2) is 0 Å². The lowest BCUT2D eigenvalue weighted by atomic mass is 9.77. The van der Waals surface area contributed by atoms with Gasteiger partial charge in [0, 0.05) is 16.2 Å². The minimum Gasteiger partial charge on any atom is -0.0836 e. The molecule has 0 radical (unpaired) electrons. The Morgan fingerprint density at radius 3 is 1.73 bits per heavy atom. The van der Waals surface area contributed by atoms with Crippen LogP contribution in [0.2, 0.25) is 0 Å². The van der Waals surface area contributed by atoms with Gasteiger partial charge in [-0.2, -0.15) is 0 Å². The molecule has 0 unspecified atom stereocenters. The van der Waals surface area contributed by atoms with Gasteiger partial charge in [0.15, 0.2) is 0 Å². The predicted octanol–water partition coefficient (Wildman–Crippen LogP) is 8.69. The van der Waals surface area contributed by atoms with Gasteiger partial charge in [0.1, 0.15) is 0 Å². The van der Waals surface area contributed by atoms with Crippen molar-refractivity contribution in [2.45, 2.75) is 70.6 Å². The summed E-state index contributed by atoms with van der Waals surface area (Å²) in [5.74, 6) is 0. The van der Waals surface area contributed by atoms with Crippen molar-refractivity contribution in [3.05, 3.63) is 99.6 Å². The second-order valence-electron chi connectivity index (χ2n) is 12.1. The molecule has 0 saturated carbocycles. The van der Waals surface area contributed by atoms with E-state index in [1.165, 1.54) is 74.0 Å². The van der Waals surface area contributed by atoms with Gasteiger partial charge in [-0.05, 0) is 98.3 Å². The molecule has 7 rings (SSSR count). The Balaban J connectivity index is 1.50. The molecule has 0 spiro atoms. The highest BCUT2D eigenvalue weighted by molar-refractivity contribution is 5.94. The maximum absolute atomic E-state index is 2.56. The highest BCUT2D eigenvalue weighted by atomic mass is 14.5. The molecule has 0 bridgehead atoms. The molecule has 0 nitrogen and oxygen atoms in total. The van der Waals surface area contributed by atoms with Crippen LogP contribution in [-0.2, 0) is 16.2 Å². The first-order valence-corrected chi connectivity index (χ1v) is 12.5. The smallest absolute Gasteiger partial charge is 0.0159 e. The summed E-state index contributed by atoms with van der Waals surface area (Å²) in [7, 11) is 0. The molecule has 0 atom stereocenters. The van der Waals surface area contributed by atoms with Crippen molar-refractivity contribution in [3.8, 4) is 22.3 Å². The third-order valence-electron chi connectivity index (χ3n) is 9.40. The summed E-state index contributed by atoms with van der Waals surface area (Å²) in [6, 6.07) is 19.2. The molecule has 0 aromatic heterocycles. The molecule has 0 heteroatoms. The maximum Gasteiger partial charge on any atom is 0.0159 e. The van der Waals surface area contributed by atoms with Crippen molar-refractivity contribution in [2.24, 2.45) is 0 Å². The second kappa shape index (κ2) is 5.79. The summed E-state index contributed by atoms with van der Waals surface area (Å²) in [4.78, 5) is 0. The summed E-state index contributed by atoms with van der Waals surface area (Å²) in [6.07, 6.45) is 7.12. The average Bonchev–Trinajstić information content (AvgIpc) is 3.27. The van der Waals surface area contributed by atoms with Gasteiger partial charge in [-0.3, -0.25) is 0 Å². The number of fused-ring (bicyclic) bond motifs is 8. The molecule has 0 N–H and O–H groups in total. The molecule has 4 aliphatic carbocycles. The third kappa shape index (κ3) is 2.18.